The van der Waals surface area contributed by atoms with E-state index in [1.807, 2.05) is 0 Å². The Morgan fingerprint density at radius 3 is 2.67 bits per heavy atom. The van der Waals surface area contributed by atoms with Gasteiger partial charge in [-0.25, -0.2) is 0 Å². The Morgan fingerprint density at radius 1 is 1.33 bits per heavy atom. The SMILES string of the molecule is Oc1ccc(Br)c(Cl)c1C1CCNCC1. The second kappa shape index (κ2) is 4.73. The van der Waals surface area contributed by atoms with Crippen LogP contribution in [0.1, 0.15) is 24.3 Å². The minimum Gasteiger partial charge on any atom is -0.508 e. The Bertz CT molecular complexity index is 364. The predicted molar refractivity (Wildman–Crippen MR) is 65.7 cm³/mol. The van der Waals surface area contributed by atoms with Gasteiger partial charge in [0.05, 0.1) is 5.02 Å². The maximum Gasteiger partial charge on any atom is 0.120 e. The van der Waals surface area contributed by atoms with E-state index in [4.69, 9.17) is 11.6 Å². The molecule has 1 aliphatic rings. The number of halogens is 2. The summed E-state index contributed by atoms with van der Waals surface area (Å²) in [6.45, 7) is 1.99. The number of nitrogens with one attached hydrogen (secondary N) is 1. The number of aromatic hydroxyl groups is 1. The van der Waals surface area contributed by atoms with Gasteiger partial charge < -0.3 is 10.4 Å². The minimum atomic E-state index is 0.315. The van der Waals surface area contributed by atoms with Crippen molar-refractivity contribution in [2.45, 2.75) is 18.8 Å². The van der Waals surface area contributed by atoms with Crippen molar-refractivity contribution < 1.29 is 5.11 Å². The van der Waals surface area contributed by atoms with Crippen molar-refractivity contribution in [3.8, 4) is 5.75 Å². The molecule has 1 aromatic carbocycles. The fourth-order valence-electron chi connectivity index (χ4n) is 2.06. The van der Waals surface area contributed by atoms with Crippen LogP contribution in [0.5, 0.6) is 5.75 Å². The summed E-state index contributed by atoms with van der Waals surface area (Å²) < 4.78 is 0.857. The summed E-state index contributed by atoms with van der Waals surface area (Å²) in [6, 6.07) is 3.48. The van der Waals surface area contributed by atoms with E-state index in [1.165, 1.54) is 0 Å². The van der Waals surface area contributed by atoms with E-state index in [1.54, 1.807) is 12.1 Å². The summed E-state index contributed by atoms with van der Waals surface area (Å²) in [5.74, 6) is 0.686. The highest BCUT2D eigenvalue weighted by atomic mass is 79.9. The zero-order chi connectivity index (χ0) is 10.8. The number of hydrogen-bond donors (Lipinski definition) is 2. The lowest BCUT2D eigenvalue weighted by molar-refractivity contribution is 0.424. The molecule has 2 rings (SSSR count). The predicted octanol–water partition coefficient (Wildman–Crippen LogP) is 3.28. The summed E-state index contributed by atoms with van der Waals surface area (Å²) >= 11 is 9.59. The minimum absolute atomic E-state index is 0.315. The third-order valence-corrected chi connectivity index (χ3v) is 4.15. The Balaban J connectivity index is 2.36. The van der Waals surface area contributed by atoms with Crippen molar-refractivity contribution in [1.29, 1.82) is 0 Å². The number of rotatable bonds is 1. The van der Waals surface area contributed by atoms with Gasteiger partial charge in [0.25, 0.3) is 0 Å². The lowest BCUT2D eigenvalue weighted by atomic mass is 9.89. The molecule has 0 spiro atoms. The summed E-state index contributed by atoms with van der Waals surface area (Å²) in [6.07, 6.45) is 2.06. The quantitative estimate of drug-likeness (QED) is 0.832. The van der Waals surface area contributed by atoms with Gasteiger partial charge in [0, 0.05) is 10.0 Å². The van der Waals surface area contributed by atoms with Crippen LogP contribution in [-0.2, 0) is 0 Å². The third kappa shape index (κ3) is 2.30. The van der Waals surface area contributed by atoms with Gasteiger partial charge >= 0.3 is 0 Å². The van der Waals surface area contributed by atoms with Crippen LogP contribution in [0.15, 0.2) is 16.6 Å². The molecular formula is C11H13BrClNO. The van der Waals surface area contributed by atoms with Crippen LogP contribution < -0.4 is 5.32 Å². The van der Waals surface area contributed by atoms with E-state index < -0.39 is 0 Å². The first kappa shape index (κ1) is 11.2. The Labute approximate surface area is 103 Å². The van der Waals surface area contributed by atoms with Crippen molar-refractivity contribution in [1.82, 2.24) is 5.32 Å². The Hall–Kier alpha value is -0.250. The highest BCUT2D eigenvalue weighted by Gasteiger charge is 2.22. The van der Waals surface area contributed by atoms with Gasteiger partial charge in [0.2, 0.25) is 0 Å². The summed E-state index contributed by atoms with van der Waals surface area (Å²) in [5, 5.41) is 13.8. The highest BCUT2D eigenvalue weighted by Crippen LogP contribution is 2.40. The zero-order valence-corrected chi connectivity index (χ0v) is 10.6. The smallest absolute Gasteiger partial charge is 0.120 e. The molecule has 2 nitrogen and oxygen atoms in total. The first-order valence-electron chi connectivity index (χ1n) is 5.07. The number of hydrogen-bond acceptors (Lipinski definition) is 2. The molecule has 0 aromatic heterocycles. The van der Waals surface area contributed by atoms with Crippen LogP contribution in [0.2, 0.25) is 5.02 Å². The first-order valence-corrected chi connectivity index (χ1v) is 6.25. The normalized spacial score (nSPS) is 18.0. The standard InChI is InChI=1S/C11H13BrClNO/c12-8-1-2-9(15)10(11(8)13)7-3-5-14-6-4-7/h1-2,7,14-15H,3-6H2. The van der Waals surface area contributed by atoms with Gasteiger partial charge in [-0.1, -0.05) is 11.6 Å². The second-order valence-electron chi connectivity index (χ2n) is 3.82. The Kier molecular flexibility index (Phi) is 3.54. The molecule has 0 unspecified atom stereocenters. The van der Waals surface area contributed by atoms with Gasteiger partial charge in [-0.2, -0.15) is 0 Å². The molecular weight excluding hydrogens is 277 g/mol. The van der Waals surface area contributed by atoms with Crippen molar-refractivity contribution in [2.75, 3.05) is 13.1 Å². The molecule has 0 bridgehead atoms. The number of phenolic OH excluding ortho intramolecular Hbond substituents is 1. The molecule has 0 amide bonds. The zero-order valence-electron chi connectivity index (χ0n) is 8.26. The number of phenols is 1. The second-order valence-corrected chi connectivity index (χ2v) is 5.05. The summed E-state index contributed by atoms with van der Waals surface area (Å²) in [4.78, 5) is 0. The van der Waals surface area contributed by atoms with Crippen molar-refractivity contribution >= 4 is 27.5 Å². The van der Waals surface area contributed by atoms with Crippen LogP contribution in [0.4, 0.5) is 0 Å². The van der Waals surface area contributed by atoms with Gasteiger partial charge in [-0.3, -0.25) is 0 Å². The van der Waals surface area contributed by atoms with Crippen LogP contribution in [-0.4, -0.2) is 18.2 Å². The molecule has 0 atom stereocenters. The summed E-state index contributed by atoms with van der Waals surface area (Å²) in [5.41, 5.74) is 0.896. The fourth-order valence-corrected chi connectivity index (χ4v) is 2.71. The average molecular weight is 291 g/mol. The number of benzene rings is 1. The van der Waals surface area contributed by atoms with E-state index >= 15 is 0 Å². The topological polar surface area (TPSA) is 32.3 Å². The molecule has 0 saturated carbocycles. The molecule has 15 heavy (non-hydrogen) atoms. The highest BCUT2D eigenvalue weighted by molar-refractivity contribution is 9.10. The molecule has 2 N–H and O–H groups in total. The van der Waals surface area contributed by atoms with E-state index in [-0.39, 0.29) is 0 Å². The molecule has 0 radical (unpaired) electrons. The molecule has 1 aliphatic heterocycles. The lowest BCUT2D eigenvalue weighted by Gasteiger charge is -2.24. The van der Waals surface area contributed by atoms with Gasteiger partial charge in [-0.15, -0.1) is 0 Å². The monoisotopic (exact) mass is 289 g/mol. The van der Waals surface area contributed by atoms with E-state index in [0.717, 1.165) is 36.0 Å². The van der Waals surface area contributed by atoms with Crippen molar-refractivity contribution in [2.24, 2.45) is 0 Å². The summed E-state index contributed by atoms with van der Waals surface area (Å²) in [7, 11) is 0. The van der Waals surface area contributed by atoms with Gasteiger partial charge in [-0.05, 0) is 59.9 Å². The van der Waals surface area contributed by atoms with Crippen LogP contribution in [0, 0.1) is 0 Å². The van der Waals surface area contributed by atoms with Crippen LogP contribution in [0.3, 0.4) is 0 Å². The van der Waals surface area contributed by atoms with Crippen molar-refractivity contribution in [3.63, 3.8) is 0 Å². The van der Waals surface area contributed by atoms with Crippen LogP contribution in [0.25, 0.3) is 0 Å². The number of piperidine rings is 1. The third-order valence-electron chi connectivity index (χ3n) is 2.86. The maximum atomic E-state index is 9.84. The molecule has 1 saturated heterocycles. The molecule has 1 fully saturated rings. The molecule has 0 aliphatic carbocycles. The van der Waals surface area contributed by atoms with E-state index in [0.29, 0.717) is 16.7 Å². The Morgan fingerprint density at radius 2 is 2.00 bits per heavy atom. The van der Waals surface area contributed by atoms with E-state index in [9.17, 15) is 5.11 Å². The van der Waals surface area contributed by atoms with Crippen LogP contribution >= 0.6 is 27.5 Å². The molecule has 4 heteroatoms. The largest absolute Gasteiger partial charge is 0.508 e. The molecule has 1 aromatic rings. The average Bonchev–Trinajstić information content (AvgIpc) is 2.26. The molecule has 1 heterocycles. The first-order chi connectivity index (χ1) is 7.20. The van der Waals surface area contributed by atoms with Crippen molar-refractivity contribution in [3.05, 3.63) is 27.2 Å². The molecule has 82 valence electrons. The van der Waals surface area contributed by atoms with Gasteiger partial charge in [0.1, 0.15) is 5.75 Å². The lowest BCUT2D eigenvalue weighted by Crippen LogP contribution is -2.26. The maximum absolute atomic E-state index is 9.84. The van der Waals surface area contributed by atoms with Gasteiger partial charge in [0.15, 0.2) is 0 Å². The van der Waals surface area contributed by atoms with E-state index in [2.05, 4.69) is 21.2 Å². The fraction of sp³-hybridized carbons (Fsp3) is 0.455.